The smallest absolute Gasteiger partial charge is 0.235 e. The molecule has 9 nitrogen and oxygen atoms in total. The van der Waals surface area contributed by atoms with Crippen LogP contribution in [0.1, 0.15) is 10.4 Å². The van der Waals surface area contributed by atoms with Crippen molar-refractivity contribution < 1.29 is 14.3 Å². The van der Waals surface area contributed by atoms with Gasteiger partial charge in [-0.1, -0.05) is 29.3 Å². The van der Waals surface area contributed by atoms with Gasteiger partial charge in [0.25, 0.3) is 0 Å². The molecule has 0 fully saturated rings. The number of carbonyl (C=O) groups excluding carboxylic acids is 1. The van der Waals surface area contributed by atoms with Crippen molar-refractivity contribution in [2.24, 2.45) is 0 Å². The van der Waals surface area contributed by atoms with Crippen LogP contribution in [-0.2, 0) is 0 Å². The number of Topliss-reactive ketones (excluding diaryl/α,β-unsaturated/α-hetero) is 1. The van der Waals surface area contributed by atoms with Crippen LogP contribution in [0, 0.1) is 0 Å². The first kappa shape index (κ1) is 25.5. The van der Waals surface area contributed by atoms with Crippen molar-refractivity contribution >= 4 is 63.6 Å². The summed E-state index contributed by atoms with van der Waals surface area (Å²) in [6, 6.07) is 10.3. The lowest BCUT2D eigenvalue weighted by Crippen LogP contribution is -2.36. The summed E-state index contributed by atoms with van der Waals surface area (Å²) in [5.41, 5.74) is 1.64. The molecule has 4 aromatic rings. The van der Waals surface area contributed by atoms with E-state index in [1.54, 1.807) is 60.2 Å². The Morgan fingerprint density at radius 2 is 1.89 bits per heavy atom. The maximum atomic E-state index is 13.4. The monoisotopic (exact) mass is 544 g/mol. The zero-order valence-corrected chi connectivity index (χ0v) is 21.9. The van der Waals surface area contributed by atoms with Crippen molar-refractivity contribution in [2.45, 2.75) is 0 Å². The Bertz CT molecular complexity index is 1440. The minimum absolute atomic E-state index is 0.0618. The number of rotatable bonds is 8. The fourth-order valence-electron chi connectivity index (χ4n) is 3.59. The Balaban J connectivity index is 1.96. The van der Waals surface area contributed by atoms with Gasteiger partial charge in [0.05, 0.1) is 42.1 Å². The fourth-order valence-corrected chi connectivity index (χ4v) is 4.16. The number of imidazole rings is 1. The van der Waals surface area contributed by atoms with Crippen LogP contribution >= 0.6 is 35.4 Å². The number of ether oxygens (including phenoxy) is 2. The van der Waals surface area contributed by atoms with Gasteiger partial charge < -0.3 is 25.4 Å². The molecule has 4 rings (SSSR count). The molecular formula is C24H22Cl2N6O3S. The van der Waals surface area contributed by atoms with E-state index in [2.05, 4.69) is 20.9 Å². The highest BCUT2D eigenvalue weighted by atomic mass is 35.5. The molecule has 36 heavy (non-hydrogen) atoms. The second kappa shape index (κ2) is 11.0. The number of anilines is 2. The molecule has 0 radical (unpaired) electrons. The first-order valence-corrected chi connectivity index (χ1v) is 11.8. The summed E-state index contributed by atoms with van der Waals surface area (Å²) < 4.78 is 12.8. The van der Waals surface area contributed by atoms with Crippen molar-refractivity contribution in [2.75, 3.05) is 33.1 Å². The molecule has 0 atom stereocenters. The number of methoxy groups -OCH3 is 2. The van der Waals surface area contributed by atoms with Crippen LogP contribution in [0.25, 0.3) is 17.0 Å². The van der Waals surface area contributed by atoms with Crippen LogP contribution < -0.4 is 25.4 Å². The summed E-state index contributed by atoms with van der Waals surface area (Å²) in [4.78, 5) is 22.5. The minimum Gasteiger partial charge on any atom is -0.497 e. The topological polar surface area (TPSA) is 102 Å². The molecule has 0 unspecified atom stereocenters. The zero-order valence-electron chi connectivity index (χ0n) is 19.6. The van der Waals surface area contributed by atoms with Gasteiger partial charge in [-0.2, -0.15) is 0 Å². The average molecular weight is 545 g/mol. The molecule has 0 aliphatic carbocycles. The lowest BCUT2D eigenvalue weighted by atomic mass is 9.98. The van der Waals surface area contributed by atoms with Crippen LogP contribution in [0.5, 0.6) is 11.5 Å². The molecule has 0 amide bonds. The van der Waals surface area contributed by atoms with Crippen LogP contribution in [0.15, 0.2) is 48.8 Å². The molecule has 0 aliphatic heterocycles. The van der Waals surface area contributed by atoms with Crippen molar-refractivity contribution in [3.63, 3.8) is 0 Å². The Morgan fingerprint density at radius 1 is 1.14 bits per heavy atom. The Hall–Kier alpha value is -3.60. The van der Waals surface area contributed by atoms with Crippen molar-refractivity contribution in [1.29, 1.82) is 0 Å². The Morgan fingerprint density at radius 3 is 2.56 bits per heavy atom. The molecule has 2 heterocycles. The largest absolute Gasteiger partial charge is 0.497 e. The lowest BCUT2D eigenvalue weighted by molar-refractivity contribution is 0.0996. The van der Waals surface area contributed by atoms with E-state index in [9.17, 15) is 4.79 Å². The van der Waals surface area contributed by atoms with E-state index in [4.69, 9.17) is 49.9 Å². The second-order valence-electron chi connectivity index (χ2n) is 7.43. The number of benzene rings is 2. The summed E-state index contributed by atoms with van der Waals surface area (Å²) in [6.45, 7) is -0.0618. The summed E-state index contributed by atoms with van der Waals surface area (Å²) >= 11 is 18.0. The maximum Gasteiger partial charge on any atom is 0.235 e. The molecule has 0 aliphatic rings. The molecule has 0 saturated carbocycles. The number of fused-ring (bicyclic) bond motifs is 1. The first-order valence-electron chi connectivity index (χ1n) is 10.7. The van der Waals surface area contributed by atoms with Crippen LogP contribution in [0.4, 0.5) is 11.5 Å². The number of nitrogens with one attached hydrogen (secondary N) is 3. The zero-order chi connectivity index (χ0) is 25.8. The molecule has 0 bridgehead atoms. The van der Waals surface area contributed by atoms with Crippen molar-refractivity contribution in [3.8, 4) is 22.8 Å². The van der Waals surface area contributed by atoms with E-state index in [1.807, 2.05) is 0 Å². The van der Waals surface area contributed by atoms with E-state index in [1.165, 1.54) is 14.2 Å². The standard InChI is InChI=1S/C24H22Cl2N6O3S/c1-27-24(36)29-12-17(33)14-10-13(34-2)11-18(35-3)19(14)21-22(32-9-5-8-28-23(32)31-21)30-20-15(25)6-4-7-16(20)26/h4-11,30H,12H2,1-3H3,(H2,27,29,36). The van der Waals surface area contributed by atoms with Gasteiger partial charge in [-0.3, -0.25) is 9.20 Å². The number of carbonyl (C=O) groups is 1. The van der Waals surface area contributed by atoms with Gasteiger partial charge in [0.2, 0.25) is 5.78 Å². The predicted octanol–water partition coefficient (Wildman–Crippen LogP) is 4.74. The number of aromatic nitrogens is 3. The summed E-state index contributed by atoms with van der Waals surface area (Å²) in [5.74, 6) is 1.45. The van der Waals surface area contributed by atoms with Gasteiger partial charge >= 0.3 is 0 Å². The highest BCUT2D eigenvalue weighted by Gasteiger charge is 2.26. The molecule has 2 aromatic carbocycles. The minimum atomic E-state index is -0.258. The van der Waals surface area contributed by atoms with Crippen LogP contribution in [0.3, 0.4) is 0 Å². The third-order valence-corrected chi connectivity index (χ3v) is 6.29. The molecule has 3 N–H and O–H groups in total. The van der Waals surface area contributed by atoms with E-state index in [0.29, 0.717) is 60.8 Å². The number of para-hydroxylation sites is 1. The predicted molar refractivity (Wildman–Crippen MR) is 145 cm³/mol. The third kappa shape index (κ3) is 5.01. The number of thiocarbonyl (C=S) groups is 1. The maximum absolute atomic E-state index is 13.4. The van der Waals surface area contributed by atoms with E-state index >= 15 is 0 Å². The number of hydrogen-bond donors (Lipinski definition) is 3. The number of hydrogen-bond acceptors (Lipinski definition) is 7. The van der Waals surface area contributed by atoms with Gasteiger partial charge in [0, 0.05) is 31.1 Å². The van der Waals surface area contributed by atoms with Crippen LogP contribution in [-0.4, -0.2) is 53.1 Å². The fraction of sp³-hybridized carbons (Fsp3) is 0.167. The van der Waals surface area contributed by atoms with Gasteiger partial charge in [-0.05, 0) is 36.5 Å². The Labute approximate surface area is 222 Å². The first-order chi connectivity index (χ1) is 17.4. The van der Waals surface area contributed by atoms with Crippen molar-refractivity contribution in [1.82, 2.24) is 25.0 Å². The summed E-state index contributed by atoms with van der Waals surface area (Å²) in [6.07, 6.45) is 3.41. The average Bonchev–Trinajstić information content (AvgIpc) is 3.26. The van der Waals surface area contributed by atoms with Crippen molar-refractivity contribution in [3.05, 3.63) is 64.4 Å². The van der Waals surface area contributed by atoms with Gasteiger partial charge in [0.1, 0.15) is 23.0 Å². The number of halogens is 2. The molecule has 0 spiro atoms. The lowest BCUT2D eigenvalue weighted by Gasteiger charge is -2.17. The summed E-state index contributed by atoms with van der Waals surface area (Å²) in [7, 11) is 4.69. The van der Waals surface area contributed by atoms with Gasteiger partial charge in [-0.25, -0.2) is 9.97 Å². The molecule has 186 valence electrons. The van der Waals surface area contributed by atoms with E-state index in [-0.39, 0.29) is 12.3 Å². The second-order valence-corrected chi connectivity index (χ2v) is 8.65. The third-order valence-electron chi connectivity index (χ3n) is 5.31. The number of nitrogens with zero attached hydrogens (tertiary/aromatic N) is 3. The normalized spacial score (nSPS) is 10.7. The van der Waals surface area contributed by atoms with E-state index in [0.717, 1.165) is 0 Å². The molecule has 12 heteroatoms. The highest BCUT2D eigenvalue weighted by Crippen LogP contribution is 2.42. The SMILES string of the molecule is CNC(=S)NCC(=O)c1cc(OC)cc(OC)c1-c1nc2ncccn2c1Nc1c(Cl)cccc1Cl. The number of ketones is 1. The molecular weight excluding hydrogens is 523 g/mol. The van der Waals surface area contributed by atoms with E-state index < -0.39 is 0 Å². The van der Waals surface area contributed by atoms with Gasteiger partial charge in [0.15, 0.2) is 10.9 Å². The highest BCUT2D eigenvalue weighted by molar-refractivity contribution is 7.80. The molecule has 2 aromatic heterocycles. The summed E-state index contributed by atoms with van der Waals surface area (Å²) in [5, 5.41) is 10.1. The quantitative estimate of drug-likeness (QED) is 0.214. The van der Waals surface area contributed by atoms with Gasteiger partial charge in [-0.15, -0.1) is 0 Å². The van der Waals surface area contributed by atoms with Crippen LogP contribution in [0.2, 0.25) is 10.0 Å². The Kier molecular flexibility index (Phi) is 7.78. The molecule has 0 saturated heterocycles.